The van der Waals surface area contributed by atoms with Gasteiger partial charge in [-0.05, 0) is 13.3 Å². The van der Waals surface area contributed by atoms with Crippen LogP contribution in [0.4, 0.5) is 0 Å². The third-order valence-corrected chi connectivity index (χ3v) is 2.81. The zero-order chi connectivity index (χ0) is 11.4. The molecule has 0 bridgehead atoms. The van der Waals surface area contributed by atoms with Gasteiger partial charge in [0.15, 0.2) is 0 Å². The number of aromatic nitrogens is 3. The van der Waals surface area contributed by atoms with Crippen LogP contribution in [0, 0.1) is 0 Å². The molecule has 1 unspecified atom stereocenters. The fourth-order valence-corrected chi connectivity index (χ4v) is 1.83. The number of amides is 1. The van der Waals surface area contributed by atoms with Gasteiger partial charge in [0.1, 0.15) is 12.2 Å². The Morgan fingerprint density at radius 1 is 1.69 bits per heavy atom. The van der Waals surface area contributed by atoms with E-state index in [9.17, 15) is 4.79 Å². The lowest BCUT2D eigenvalue weighted by Crippen LogP contribution is -2.45. The van der Waals surface area contributed by atoms with Crippen LogP contribution in [0.3, 0.4) is 0 Å². The van der Waals surface area contributed by atoms with E-state index < -0.39 is 0 Å². The first kappa shape index (κ1) is 11.1. The molecular weight excluding hydrogens is 206 g/mol. The Balaban J connectivity index is 1.81. The fraction of sp³-hybridized carbons (Fsp3) is 0.700. The summed E-state index contributed by atoms with van der Waals surface area (Å²) in [6.45, 7) is 4.28. The molecule has 1 atom stereocenters. The van der Waals surface area contributed by atoms with E-state index in [2.05, 4.69) is 20.7 Å². The Bertz CT molecular complexity index is 352. The van der Waals surface area contributed by atoms with Gasteiger partial charge in [-0.15, -0.1) is 0 Å². The number of hydrogen-bond donors (Lipinski definition) is 2. The van der Waals surface area contributed by atoms with Crippen LogP contribution in [0.25, 0.3) is 0 Å². The number of rotatable bonds is 4. The van der Waals surface area contributed by atoms with Gasteiger partial charge < -0.3 is 10.6 Å². The molecule has 16 heavy (non-hydrogen) atoms. The van der Waals surface area contributed by atoms with Crippen LogP contribution in [-0.4, -0.2) is 33.3 Å². The molecule has 2 rings (SSSR count). The molecule has 1 fully saturated rings. The lowest BCUT2D eigenvalue weighted by atomic mass is 10.1. The van der Waals surface area contributed by atoms with Crippen molar-refractivity contribution in [1.29, 1.82) is 0 Å². The summed E-state index contributed by atoms with van der Waals surface area (Å²) in [5.41, 5.74) is 0. The minimum atomic E-state index is 0.148. The average Bonchev–Trinajstić information content (AvgIpc) is 2.76. The van der Waals surface area contributed by atoms with Gasteiger partial charge in [0.05, 0.1) is 6.54 Å². The summed E-state index contributed by atoms with van der Waals surface area (Å²) in [6.07, 6.45) is 3.08. The predicted molar refractivity (Wildman–Crippen MR) is 58.6 cm³/mol. The van der Waals surface area contributed by atoms with Crippen LogP contribution in [0.5, 0.6) is 0 Å². The maximum Gasteiger partial charge on any atom is 0.220 e. The molecule has 0 aliphatic carbocycles. The molecule has 1 aliphatic heterocycles. The molecule has 1 aromatic rings. The lowest BCUT2D eigenvalue weighted by Gasteiger charge is -2.23. The van der Waals surface area contributed by atoms with Crippen molar-refractivity contribution < 1.29 is 4.79 Å². The Labute approximate surface area is 94.4 Å². The Morgan fingerprint density at radius 2 is 2.56 bits per heavy atom. The van der Waals surface area contributed by atoms with Crippen LogP contribution in [-0.2, 0) is 17.9 Å². The number of nitrogens with zero attached hydrogens (tertiary/aromatic N) is 3. The van der Waals surface area contributed by atoms with E-state index in [0.29, 0.717) is 25.6 Å². The van der Waals surface area contributed by atoms with Gasteiger partial charge in [0, 0.05) is 25.6 Å². The van der Waals surface area contributed by atoms with Crippen molar-refractivity contribution in [1.82, 2.24) is 25.4 Å². The van der Waals surface area contributed by atoms with Gasteiger partial charge in [-0.2, -0.15) is 5.10 Å². The van der Waals surface area contributed by atoms with Gasteiger partial charge in [-0.25, -0.2) is 9.67 Å². The van der Waals surface area contributed by atoms with Crippen molar-refractivity contribution in [3.8, 4) is 0 Å². The minimum absolute atomic E-state index is 0.148. The molecule has 0 spiro atoms. The van der Waals surface area contributed by atoms with Crippen LogP contribution in [0.2, 0.25) is 0 Å². The van der Waals surface area contributed by atoms with E-state index in [1.54, 1.807) is 6.33 Å². The molecule has 6 heteroatoms. The van der Waals surface area contributed by atoms with Crippen molar-refractivity contribution in [3.05, 3.63) is 12.2 Å². The largest absolute Gasteiger partial charge is 0.355 e. The summed E-state index contributed by atoms with van der Waals surface area (Å²) in [5, 5.41) is 10.3. The summed E-state index contributed by atoms with van der Waals surface area (Å²) in [7, 11) is 0. The monoisotopic (exact) mass is 223 g/mol. The lowest BCUT2D eigenvalue weighted by molar-refractivity contribution is -0.122. The topological polar surface area (TPSA) is 71.8 Å². The SMILES string of the molecule is CCn1ncnc1CNC1CCC(=O)NC1. The van der Waals surface area contributed by atoms with E-state index in [-0.39, 0.29) is 5.91 Å². The van der Waals surface area contributed by atoms with Gasteiger partial charge in [-0.1, -0.05) is 0 Å². The number of nitrogens with one attached hydrogen (secondary N) is 2. The van der Waals surface area contributed by atoms with Crippen molar-refractivity contribution in [3.63, 3.8) is 0 Å². The van der Waals surface area contributed by atoms with Crippen LogP contribution in [0.15, 0.2) is 6.33 Å². The van der Waals surface area contributed by atoms with Crippen LogP contribution in [0.1, 0.15) is 25.6 Å². The van der Waals surface area contributed by atoms with Crippen molar-refractivity contribution in [2.45, 2.75) is 38.9 Å². The Morgan fingerprint density at radius 3 is 3.25 bits per heavy atom. The molecule has 88 valence electrons. The molecule has 0 aromatic carbocycles. The zero-order valence-corrected chi connectivity index (χ0v) is 9.44. The van der Waals surface area contributed by atoms with E-state index in [0.717, 1.165) is 18.8 Å². The van der Waals surface area contributed by atoms with E-state index >= 15 is 0 Å². The molecule has 0 radical (unpaired) electrons. The summed E-state index contributed by atoms with van der Waals surface area (Å²) in [4.78, 5) is 15.2. The van der Waals surface area contributed by atoms with Crippen LogP contribution < -0.4 is 10.6 Å². The third kappa shape index (κ3) is 2.57. The highest BCUT2D eigenvalue weighted by Gasteiger charge is 2.17. The first-order chi connectivity index (χ1) is 7.79. The van der Waals surface area contributed by atoms with Crippen LogP contribution >= 0.6 is 0 Å². The Kier molecular flexibility index (Phi) is 3.51. The second-order valence-electron chi connectivity index (χ2n) is 3.91. The van der Waals surface area contributed by atoms with Crippen molar-refractivity contribution >= 4 is 5.91 Å². The van der Waals surface area contributed by atoms with Gasteiger partial charge in [-0.3, -0.25) is 4.79 Å². The molecule has 1 saturated heterocycles. The minimum Gasteiger partial charge on any atom is -0.355 e. The standard InChI is InChI=1S/C10H17N5O/c1-2-15-9(13-7-14-15)6-11-8-3-4-10(16)12-5-8/h7-8,11H,2-6H2,1H3,(H,12,16). The van der Waals surface area contributed by atoms with Gasteiger partial charge in [0.25, 0.3) is 0 Å². The highest BCUT2D eigenvalue weighted by atomic mass is 16.1. The zero-order valence-electron chi connectivity index (χ0n) is 9.44. The molecule has 0 saturated carbocycles. The molecule has 1 amide bonds. The summed E-state index contributed by atoms with van der Waals surface area (Å²) >= 11 is 0. The number of piperidine rings is 1. The smallest absolute Gasteiger partial charge is 0.220 e. The quantitative estimate of drug-likeness (QED) is 0.733. The van der Waals surface area contributed by atoms with Crippen molar-refractivity contribution in [2.75, 3.05) is 6.54 Å². The highest BCUT2D eigenvalue weighted by molar-refractivity contribution is 5.76. The van der Waals surface area contributed by atoms with Crippen molar-refractivity contribution in [2.24, 2.45) is 0 Å². The van der Waals surface area contributed by atoms with Gasteiger partial charge in [0.2, 0.25) is 5.91 Å². The predicted octanol–water partition coefficient (Wildman–Crippen LogP) is -0.334. The maximum atomic E-state index is 11.0. The summed E-state index contributed by atoms with van der Waals surface area (Å²) < 4.78 is 1.87. The molecule has 2 N–H and O–H groups in total. The first-order valence-electron chi connectivity index (χ1n) is 5.66. The highest BCUT2D eigenvalue weighted by Crippen LogP contribution is 2.03. The van der Waals surface area contributed by atoms with E-state index in [1.165, 1.54) is 0 Å². The molecule has 1 aromatic heterocycles. The van der Waals surface area contributed by atoms with Gasteiger partial charge >= 0.3 is 0 Å². The number of hydrogen-bond acceptors (Lipinski definition) is 4. The summed E-state index contributed by atoms with van der Waals surface area (Å²) in [6, 6.07) is 0.347. The number of carbonyl (C=O) groups is 1. The molecular formula is C10H17N5O. The normalized spacial score (nSPS) is 20.8. The fourth-order valence-electron chi connectivity index (χ4n) is 1.83. The van der Waals surface area contributed by atoms with E-state index in [4.69, 9.17) is 0 Å². The molecule has 1 aliphatic rings. The molecule has 2 heterocycles. The Hall–Kier alpha value is -1.43. The maximum absolute atomic E-state index is 11.0. The first-order valence-corrected chi connectivity index (χ1v) is 5.66. The number of carbonyl (C=O) groups excluding carboxylic acids is 1. The molecule has 6 nitrogen and oxygen atoms in total. The average molecular weight is 223 g/mol. The second kappa shape index (κ2) is 5.07. The van der Waals surface area contributed by atoms with E-state index in [1.807, 2.05) is 11.6 Å². The second-order valence-corrected chi connectivity index (χ2v) is 3.91. The summed E-state index contributed by atoms with van der Waals surface area (Å²) in [5.74, 6) is 1.09. The third-order valence-electron chi connectivity index (χ3n) is 2.81. The number of aryl methyl sites for hydroxylation is 1.